The number of piperidine rings is 1. The second kappa shape index (κ2) is 7.64. The van der Waals surface area contributed by atoms with E-state index in [0.717, 1.165) is 44.6 Å². The third-order valence-electron chi connectivity index (χ3n) is 5.63. The van der Waals surface area contributed by atoms with Gasteiger partial charge in [0, 0.05) is 51.0 Å². The van der Waals surface area contributed by atoms with E-state index in [1.54, 1.807) is 19.3 Å². The summed E-state index contributed by atoms with van der Waals surface area (Å²) < 4.78 is 13.2. The minimum atomic E-state index is -0.204. The lowest BCUT2D eigenvalue weighted by Gasteiger charge is -2.36. The molecule has 1 aromatic carbocycles. The van der Waals surface area contributed by atoms with Crippen molar-refractivity contribution in [2.75, 3.05) is 32.0 Å². The number of rotatable bonds is 4. The van der Waals surface area contributed by atoms with Crippen LogP contribution >= 0.6 is 0 Å². The van der Waals surface area contributed by atoms with E-state index < -0.39 is 0 Å². The summed E-state index contributed by atoms with van der Waals surface area (Å²) in [5.74, 6) is 1.08. The van der Waals surface area contributed by atoms with Crippen LogP contribution in [0, 0.1) is 11.7 Å². The molecule has 142 valence electrons. The van der Waals surface area contributed by atoms with Gasteiger partial charge in [0.2, 0.25) is 0 Å². The molecule has 1 amide bonds. The van der Waals surface area contributed by atoms with Crippen molar-refractivity contribution in [2.24, 2.45) is 5.92 Å². The molecule has 1 N–H and O–H groups in total. The van der Waals surface area contributed by atoms with Crippen LogP contribution in [0.1, 0.15) is 28.8 Å². The first-order valence-electron chi connectivity index (χ1n) is 9.54. The maximum Gasteiger partial charge on any atom is 0.254 e. The van der Waals surface area contributed by atoms with Crippen molar-refractivity contribution in [2.45, 2.75) is 25.4 Å². The van der Waals surface area contributed by atoms with Gasteiger partial charge in [0.15, 0.2) is 0 Å². The zero-order chi connectivity index (χ0) is 18.8. The number of pyridine rings is 1. The SMILES string of the molecule is CNc1cc(C(=O)N2C[C@H]3CC[C@@H]2CN(Cc2ccc(F)cc2)C3)ccn1. The van der Waals surface area contributed by atoms with Crippen molar-refractivity contribution in [3.8, 4) is 0 Å². The van der Waals surface area contributed by atoms with Gasteiger partial charge in [-0.1, -0.05) is 12.1 Å². The number of nitrogens with zero attached hydrogens (tertiary/aromatic N) is 3. The monoisotopic (exact) mass is 368 g/mol. The Bertz CT molecular complexity index is 810. The lowest BCUT2D eigenvalue weighted by molar-refractivity contribution is 0.0585. The van der Waals surface area contributed by atoms with Gasteiger partial charge in [0.1, 0.15) is 11.6 Å². The zero-order valence-electron chi connectivity index (χ0n) is 15.6. The van der Waals surface area contributed by atoms with Crippen molar-refractivity contribution in [3.05, 3.63) is 59.5 Å². The molecule has 5 rings (SSSR count). The molecule has 0 spiro atoms. The van der Waals surface area contributed by atoms with Gasteiger partial charge in [-0.05, 0) is 48.6 Å². The number of fused-ring (bicyclic) bond motifs is 4. The zero-order valence-corrected chi connectivity index (χ0v) is 15.6. The Kier molecular flexibility index (Phi) is 5.07. The average Bonchev–Trinajstić information content (AvgIpc) is 3.00. The van der Waals surface area contributed by atoms with Crippen LogP contribution in [-0.2, 0) is 6.54 Å². The molecule has 5 nitrogen and oxygen atoms in total. The highest BCUT2D eigenvalue weighted by molar-refractivity contribution is 5.95. The number of halogens is 1. The van der Waals surface area contributed by atoms with Crippen LogP contribution in [0.3, 0.4) is 0 Å². The van der Waals surface area contributed by atoms with Crippen molar-refractivity contribution in [3.63, 3.8) is 0 Å². The van der Waals surface area contributed by atoms with Gasteiger partial charge in [-0.15, -0.1) is 0 Å². The number of nitrogens with one attached hydrogen (secondary N) is 1. The van der Waals surface area contributed by atoms with Gasteiger partial charge in [0.05, 0.1) is 0 Å². The normalized spacial score (nSPS) is 22.5. The van der Waals surface area contributed by atoms with Gasteiger partial charge < -0.3 is 10.2 Å². The smallest absolute Gasteiger partial charge is 0.254 e. The van der Waals surface area contributed by atoms with Crippen LogP contribution in [0.5, 0.6) is 0 Å². The van der Waals surface area contributed by atoms with E-state index in [-0.39, 0.29) is 17.8 Å². The third-order valence-corrected chi connectivity index (χ3v) is 5.63. The van der Waals surface area contributed by atoms with Crippen LogP contribution in [0.15, 0.2) is 42.6 Å². The van der Waals surface area contributed by atoms with Crippen molar-refractivity contribution in [1.29, 1.82) is 0 Å². The predicted molar refractivity (Wildman–Crippen MR) is 103 cm³/mol. The molecule has 2 aromatic rings. The molecular weight excluding hydrogens is 343 g/mol. The number of anilines is 1. The maximum absolute atomic E-state index is 13.2. The Hall–Kier alpha value is -2.47. The molecule has 6 heteroatoms. The number of carbonyl (C=O) groups excluding carboxylic acids is 1. The van der Waals surface area contributed by atoms with E-state index >= 15 is 0 Å². The molecule has 0 unspecified atom stereocenters. The Morgan fingerprint density at radius 2 is 2.00 bits per heavy atom. The average molecular weight is 368 g/mol. The number of aromatic nitrogens is 1. The number of amides is 1. The lowest BCUT2D eigenvalue weighted by Crippen LogP contribution is -2.47. The minimum Gasteiger partial charge on any atom is -0.373 e. The topological polar surface area (TPSA) is 48.5 Å². The largest absolute Gasteiger partial charge is 0.373 e. The van der Waals surface area contributed by atoms with Gasteiger partial charge >= 0.3 is 0 Å². The molecule has 3 saturated heterocycles. The number of hydrogen-bond donors (Lipinski definition) is 1. The summed E-state index contributed by atoms with van der Waals surface area (Å²) in [4.78, 5) is 21.8. The van der Waals surface area contributed by atoms with E-state index in [1.807, 2.05) is 23.1 Å². The quantitative estimate of drug-likeness (QED) is 0.901. The fraction of sp³-hybridized carbons (Fsp3) is 0.429. The highest BCUT2D eigenvalue weighted by Gasteiger charge is 2.37. The van der Waals surface area contributed by atoms with Crippen molar-refractivity contribution >= 4 is 11.7 Å². The molecule has 2 bridgehead atoms. The Balaban J connectivity index is 1.49. The number of hydrogen-bond acceptors (Lipinski definition) is 4. The summed E-state index contributed by atoms with van der Waals surface area (Å²) in [5.41, 5.74) is 1.80. The van der Waals surface area contributed by atoms with E-state index in [9.17, 15) is 9.18 Å². The molecule has 2 atom stereocenters. The second-order valence-electron chi connectivity index (χ2n) is 7.56. The van der Waals surface area contributed by atoms with Gasteiger partial charge in [0.25, 0.3) is 5.91 Å². The standard InChI is InChI=1S/C21H25FN4O/c1-23-20-10-17(8-9-24-20)21(27)26-13-16-4-7-19(26)14-25(12-16)11-15-2-5-18(22)6-3-15/h2-3,5-6,8-10,16,19H,4,7,11-14H2,1H3,(H,23,24)/t16-,19+/m0/s1. The molecule has 0 radical (unpaired) electrons. The Morgan fingerprint density at radius 1 is 1.19 bits per heavy atom. The second-order valence-corrected chi connectivity index (χ2v) is 7.56. The number of carbonyl (C=O) groups is 1. The van der Waals surface area contributed by atoms with Crippen LogP contribution in [0.2, 0.25) is 0 Å². The molecule has 0 saturated carbocycles. The highest BCUT2D eigenvalue weighted by atomic mass is 19.1. The molecule has 4 heterocycles. The molecule has 1 aromatic heterocycles. The molecular formula is C21H25FN4O. The fourth-order valence-corrected chi connectivity index (χ4v) is 4.27. The third kappa shape index (κ3) is 3.95. The first-order chi connectivity index (χ1) is 13.1. The van der Waals surface area contributed by atoms with E-state index in [1.165, 1.54) is 12.1 Å². The van der Waals surface area contributed by atoms with Gasteiger partial charge in [-0.25, -0.2) is 9.37 Å². The van der Waals surface area contributed by atoms with Crippen LogP contribution in [-0.4, -0.2) is 53.4 Å². The van der Waals surface area contributed by atoms with E-state index in [0.29, 0.717) is 17.3 Å². The van der Waals surface area contributed by atoms with Crippen molar-refractivity contribution < 1.29 is 9.18 Å². The molecule has 27 heavy (non-hydrogen) atoms. The summed E-state index contributed by atoms with van der Waals surface area (Å²) in [5, 5.41) is 2.99. The lowest BCUT2D eigenvalue weighted by atomic mass is 9.94. The fourth-order valence-electron chi connectivity index (χ4n) is 4.27. The first kappa shape index (κ1) is 17.9. The van der Waals surface area contributed by atoms with Crippen molar-refractivity contribution in [1.82, 2.24) is 14.8 Å². The summed E-state index contributed by atoms with van der Waals surface area (Å²) in [6.45, 7) is 3.45. The van der Waals surface area contributed by atoms with Crippen LogP contribution in [0.4, 0.5) is 10.2 Å². The summed E-state index contributed by atoms with van der Waals surface area (Å²) >= 11 is 0. The highest BCUT2D eigenvalue weighted by Crippen LogP contribution is 2.30. The summed E-state index contributed by atoms with van der Waals surface area (Å²) in [6.07, 6.45) is 3.88. The molecule has 3 aliphatic rings. The van der Waals surface area contributed by atoms with E-state index in [4.69, 9.17) is 0 Å². The minimum absolute atomic E-state index is 0.0900. The summed E-state index contributed by atoms with van der Waals surface area (Å²) in [7, 11) is 1.80. The van der Waals surface area contributed by atoms with E-state index in [2.05, 4.69) is 15.2 Å². The maximum atomic E-state index is 13.2. The Morgan fingerprint density at radius 3 is 2.78 bits per heavy atom. The van der Waals surface area contributed by atoms with Gasteiger partial charge in [-0.2, -0.15) is 0 Å². The predicted octanol–water partition coefficient (Wildman–Crippen LogP) is 3.00. The summed E-state index contributed by atoms with van der Waals surface area (Å²) in [6, 6.07) is 10.6. The molecule has 3 fully saturated rings. The Labute approximate surface area is 159 Å². The number of benzene rings is 1. The molecule has 0 aliphatic carbocycles. The first-order valence-corrected chi connectivity index (χ1v) is 9.54. The van der Waals surface area contributed by atoms with Crippen LogP contribution < -0.4 is 5.32 Å². The van der Waals surface area contributed by atoms with Gasteiger partial charge in [-0.3, -0.25) is 9.69 Å². The van der Waals surface area contributed by atoms with Crippen LogP contribution in [0.25, 0.3) is 0 Å². The molecule has 3 aliphatic heterocycles.